The Bertz CT molecular complexity index is 386. The summed E-state index contributed by atoms with van der Waals surface area (Å²) in [5.74, 6) is -1.26. The largest absolute Gasteiger partial charge is 1.00 e. The Morgan fingerprint density at radius 1 is 0.778 bits per heavy atom. The molecule has 0 aliphatic rings. The van der Waals surface area contributed by atoms with Crippen molar-refractivity contribution in [3.05, 3.63) is 12.2 Å². The monoisotopic (exact) mass is 389 g/mol. The fourth-order valence-corrected chi connectivity index (χ4v) is 3.04. The van der Waals surface area contributed by atoms with Gasteiger partial charge in [0.25, 0.3) is 0 Å². The molecule has 4 nitrogen and oxygen atoms in total. The molecule has 0 radical (unpaired) electrons. The quantitative estimate of drug-likeness (QED) is 0.203. The van der Waals surface area contributed by atoms with E-state index >= 15 is 0 Å². The van der Waals surface area contributed by atoms with Gasteiger partial charge >= 0.3 is 29.6 Å². The molecule has 0 bridgehead atoms. The zero-order valence-corrected chi connectivity index (χ0v) is 20.1. The van der Waals surface area contributed by atoms with Crippen LogP contribution in [0.15, 0.2) is 12.2 Å². The van der Waals surface area contributed by atoms with E-state index in [9.17, 15) is 14.7 Å². The van der Waals surface area contributed by atoms with Crippen molar-refractivity contribution in [1.29, 1.82) is 0 Å². The second-order valence-electron chi connectivity index (χ2n) is 7.11. The summed E-state index contributed by atoms with van der Waals surface area (Å²) in [6.45, 7) is 4.18. The maximum absolute atomic E-state index is 11.9. The topological polar surface area (TPSA) is 60.4 Å². The van der Waals surface area contributed by atoms with Gasteiger partial charge in [-0.15, -0.1) is 0 Å². The molecule has 5 heteroatoms. The molecule has 0 N–H and O–H groups in total. The summed E-state index contributed by atoms with van der Waals surface area (Å²) in [4.78, 5) is 23.8. The molecule has 0 aliphatic heterocycles. The third-order valence-electron chi connectivity index (χ3n) is 4.71. The van der Waals surface area contributed by atoms with Crippen molar-refractivity contribution in [2.24, 2.45) is 0 Å². The summed E-state index contributed by atoms with van der Waals surface area (Å²) in [7, 11) is 0. The van der Waals surface area contributed by atoms with Gasteiger partial charge in [-0.3, -0.25) is 4.79 Å². The second kappa shape index (κ2) is 22.0. The molecule has 0 saturated carbocycles. The van der Waals surface area contributed by atoms with E-state index in [0.717, 1.165) is 25.7 Å². The van der Waals surface area contributed by atoms with Gasteiger partial charge in [0.05, 0.1) is 12.5 Å². The Kier molecular flexibility index (Phi) is 23.5. The first-order valence-corrected chi connectivity index (χ1v) is 10.7. The van der Waals surface area contributed by atoms with Crippen LogP contribution in [0.5, 0.6) is 0 Å². The van der Waals surface area contributed by atoms with Crippen LogP contribution in [0.25, 0.3) is 0 Å². The number of carbonyl (C=O) groups is 2. The first-order valence-electron chi connectivity index (χ1n) is 10.7. The van der Waals surface area contributed by atoms with Gasteiger partial charge in [0, 0.05) is 13.0 Å². The molecule has 0 rings (SSSR count). The average molecular weight is 390 g/mol. The Hall–Kier alpha value is -0.320. The number of likely N-dealkylation sites (N-methyl/N-ethyl adjacent to an activating group) is 1. The molecule has 0 saturated heterocycles. The number of aliphatic carboxylic acids is 1. The predicted octanol–water partition coefficient (Wildman–Crippen LogP) is 1.63. The Labute approximate surface area is 189 Å². The van der Waals surface area contributed by atoms with Crippen LogP contribution >= 0.6 is 0 Å². The normalized spacial score (nSPS) is 10.7. The van der Waals surface area contributed by atoms with Gasteiger partial charge in [-0.05, 0) is 39.0 Å². The van der Waals surface area contributed by atoms with E-state index in [1.165, 1.54) is 62.7 Å². The number of rotatable bonds is 18. The Balaban J connectivity index is 0. The van der Waals surface area contributed by atoms with E-state index in [4.69, 9.17) is 0 Å². The molecule has 0 aromatic carbocycles. The van der Waals surface area contributed by atoms with E-state index in [1.807, 2.05) is 0 Å². The molecule has 0 aromatic heterocycles. The van der Waals surface area contributed by atoms with Crippen LogP contribution in [-0.4, -0.2) is 29.9 Å². The predicted molar refractivity (Wildman–Crippen MR) is 107 cm³/mol. The van der Waals surface area contributed by atoms with Crippen molar-refractivity contribution in [2.45, 2.75) is 104 Å². The Morgan fingerprint density at radius 3 is 1.74 bits per heavy atom. The molecule has 0 aromatic rings. The van der Waals surface area contributed by atoms with E-state index in [-0.39, 0.29) is 42.0 Å². The first kappa shape index (κ1) is 28.9. The van der Waals surface area contributed by atoms with Crippen LogP contribution in [0.2, 0.25) is 0 Å². The summed E-state index contributed by atoms with van der Waals surface area (Å²) >= 11 is 0. The van der Waals surface area contributed by atoms with Crippen LogP contribution in [0.1, 0.15) is 104 Å². The van der Waals surface area contributed by atoms with Crippen LogP contribution in [-0.2, 0) is 9.59 Å². The summed E-state index contributed by atoms with van der Waals surface area (Å²) in [5, 5.41) is 10.6. The van der Waals surface area contributed by atoms with E-state index in [0.29, 0.717) is 13.0 Å². The standard InChI is InChI=1S/C22H41NO3.Na/c1-3-5-6-7-8-9-10-11-12-13-14-15-16-17-18-19-21(24)23(4-2)20-22(25)26;/h11-12H,3-10,13-20H2,1-2H3,(H,25,26);/q;+1/p-1. The van der Waals surface area contributed by atoms with Crippen molar-refractivity contribution >= 4 is 11.9 Å². The molecular formula is C22H40NNaO3. The van der Waals surface area contributed by atoms with Gasteiger partial charge in [0.2, 0.25) is 5.91 Å². The third kappa shape index (κ3) is 20.2. The molecule has 27 heavy (non-hydrogen) atoms. The molecular weight excluding hydrogens is 349 g/mol. The van der Waals surface area contributed by atoms with Crippen molar-refractivity contribution in [3.63, 3.8) is 0 Å². The molecule has 0 unspecified atom stereocenters. The molecule has 0 aliphatic carbocycles. The zero-order chi connectivity index (χ0) is 19.5. The summed E-state index contributed by atoms with van der Waals surface area (Å²) in [5.41, 5.74) is 0. The van der Waals surface area contributed by atoms with Crippen LogP contribution in [0.3, 0.4) is 0 Å². The minimum atomic E-state index is -1.19. The third-order valence-corrected chi connectivity index (χ3v) is 4.71. The number of carbonyl (C=O) groups excluding carboxylic acids is 2. The summed E-state index contributed by atoms with van der Waals surface area (Å²) in [6.07, 6.45) is 21.0. The Morgan fingerprint density at radius 2 is 1.26 bits per heavy atom. The summed E-state index contributed by atoms with van der Waals surface area (Å²) < 4.78 is 0. The fourth-order valence-electron chi connectivity index (χ4n) is 3.04. The van der Waals surface area contributed by atoms with Gasteiger partial charge in [-0.25, -0.2) is 0 Å². The van der Waals surface area contributed by atoms with Gasteiger partial charge in [-0.2, -0.15) is 0 Å². The minimum Gasteiger partial charge on any atom is -0.548 e. The maximum atomic E-state index is 11.9. The number of allylic oxidation sites excluding steroid dienone is 2. The SMILES string of the molecule is CCCCCCCCC=CCCCCCCCC(=O)N(CC)CC(=O)[O-].[Na+]. The van der Waals surface area contributed by atoms with Crippen LogP contribution in [0, 0.1) is 0 Å². The molecule has 0 spiro atoms. The minimum absolute atomic E-state index is 0. The van der Waals surface area contributed by atoms with Crippen molar-refractivity contribution in [1.82, 2.24) is 4.90 Å². The van der Waals surface area contributed by atoms with Gasteiger partial charge < -0.3 is 14.8 Å². The number of amides is 1. The van der Waals surface area contributed by atoms with E-state index in [2.05, 4.69) is 19.1 Å². The molecule has 0 heterocycles. The van der Waals surface area contributed by atoms with Crippen LogP contribution in [0.4, 0.5) is 0 Å². The van der Waals surface area contributed by atoms with E-state index in [1.54, 1.807) is 6.92 Å². The van der Waals surface area contributed by atoms with Crippen molar-refractivity contribution in [3.8, 4) is 0 Å². The van der Waals surface area contributed by atoms with Crippen molar-refractivity contribution in [2.75, 3.05) is 13.1 Å². The number of nitrogens with zero attached hydrogens (tertiary/aromatic N) is 1. The summed E-state index contributed by atoms with van der Waals surface area (Å²) in [6, 6.07) is 0. The number of hydrogen-bond acceptors (Lipinski definition) is 3. The molecule has 0 atom stereocenters. The smallest absolute Gasteiger partial charge is 0.548 e. The van der Waals surface area contributed by atoms with Gasteiger partial charge in [0.1, 0.15) is 0 Å². The number of unbranched alkanes of at least 4 members (excludes halogenated alkanes) is 11. The molecule has 0 fully saturated rings. The molecule has 152 valence electrons. The van der Waals surface area contributed by atoms with Crippen molar-refractivity contribution < 1.29 is 44.3 Å². The first-order chi connectivity index (χ1) is 12.6. The average Bonchev–Trinajstić information content (AvgIpc) is 2.62. The number of carboxylic acids is 1. The number of hydrogen-bond donors (Lipinski definition) is 0. The fraction of sp³-hybridized carbons (Fsp3) is 0.818. The zero-order valence-electron chi connectivity index (χ0n) is 18.1. The van der Waals surface area contributed by atoms with Crippen LogP contribution < -0.4 is 34.7 Å². The number of carboxylic acid groups (broad SMARTS) is 1. The maximum Gasteiger partial charge on any atom is 1.00 e. The molecule has 1 amide bonds. The second-order valence-corrected chi connectivity index (χ2v) is 7.11. The van der Waals surface area contributed by atoms with Gasteiger partial charge in [-0.1, -0.05) is 70.4 Å². The van der Waals surface area contributed by atoms with Gasteiger partial charge in [0.15, 0.2) is 0 Å². The van der Waals surface area contributed by atoms with E-state index < -0.39 is 5.97 Å².